The van der Waals surface area contributed by atoms with E-state index in [1.165, 1.54) is 6.33 Å². The molecule has 34 heavy (non-hydrogen) atoms. The summed E-state index contributed by atoms with van der Waals surface area (Å²) in [7, 11) is 0. The molecule has 0 atom stereocenters. The average Bonchev–Trinajstić information content (AvgIpc) is 3.33. The fraction of sp³-hybridized carbons (Fsp3) is 0.333. The van der Waals surface area contributed by atoms with Gasteiger partial charge in [0.25, 0.3) is 0 Å². The van der Waals surface area contributed by atoms with Gasteiger partial charge in [-0.05, 0) is 41.8 Å². The molecule has 2 aliphatic rings. The topological polar surface area (TPSA) is 103 Å². The molecule has 0 amide bonds. The molecular formula is C24H25N5O5. The van der Waals surface area contributed by atoms with Crippen LogP contribution in [0.2, 0.25) is 0 Å². The van der Waals surface area contributed by atoms with Crippen LogP contribution in [0.4, 0.5) is 11.5 Å². The summed E-state index contributed by atoms with van der Waals surface area (Å²) in [6.45, 7) is 5.77. The molecule has 10 heteroatoms. The van der Waals surface area contributed by atoms with Gasteiger partial charge in [0.05, 0.1) is 4.92 Å². The normalized spacial score (nSPS) is 15.4. The van der Waals surface area contributed by atoms with Gasteiger partial charge in [0.15, 0.2) is 11.5 Å². The number of hydrogen-bond acceptors (Lipinski definition) is 9. The maximum absolute atomic E-state index is 12.0. The Morgan fingerprint density at radius 3 is 2.47 bits per heavy atom. The number of nitro groups is 1. The lowest BCUT2D eigenvalue weighted by molar-refractivity contribution is -0.385. The summed E-state index contributed by atoms with van der Waals surface area (Å²) in [5.74, 6) is 2.26. The molecule has 0 bridgehead atoms. The molecule has 10 nitrogen and oxygen atoms in total. The molecule has 3 aromatic rings. The van der Waals surface area contributed by atoms with Crippen molar-refractivity contribution in [1.29, 1.82) is 0 Å². The molecule has 0 spiro atoms. The summed E-state index contributed by atoms with van der Waals surface area (Å²) in [4.78, 5) is 24.0. The quantitative estimate of drug-likeness (QED) is 0.382. The zero-order chi connectivity index (χ0) is 23.5. The number of fused-ring (bicyclic) bond motifs is 1. The van der Waals surface area contributed by atoms with E-state index in [2.05, 4.69) is 21.8 Å². The third kappa shape index (κ3) is 4.58. The van der Waals surface area contributed by atoms with Crippen LogP contribution < -0.4 is 19.1 Å². The number of piperazine rings is 1. The third-order valence-electron chi connectivity index (χ3n) is 6.01. The van der Waals surface area contributed by atoms with Gasteiger partial charge in [-0.15, -0.1) is 0 Å². The first kappa shape index (κ1) is 21.9. The molecular weight excluding hydrogens is 438 g/mol. The van der Waals surface area contributed by atoms with E-state index in [1.807, 2.05) is 35.2 Å². The molecule has 176 valence electrons. The van der Waals surface area contributed by atoms with Crippen molar-refractivity contribution in [2.24, 2.45) is 0 Å². The standard InChI is InChI=1S/C24H25N5O5/c1-2-17-3-6-19(7-4-17)34-24-22(29(30)31)23(25-15-26-24)28-11-9-27(10-12-28)14-18-5-8-20-21(13-18)33-16-32-20/h3-8,13,15H,2,9-12,14,16H2,1H3. The maximum Gasteiger partial charge on any atom is 0.373 e. The number of aryl methyl sites for hydroxylation is 1. The van der Waals surface area contributed by atoms with Crippen LogP contribution in [0, 0.1) is 10.1 Å². The van der Waals surface area contributed by atoms with E-state index < -0.39 is 4.92 Å². The summed E-state index contributed by atoms with van der Waals surface area (Å²) in [5, 5.41) is 12.0. The van der Waals surface area contributed by atoms with E-state index in [0.29, 0.717) is 18.8 Å². The van der Waals surface area contributed by atoms with Crippen molar-refractivity contribution in [1.82, 2.24) is 14.9 Å². The van der Waals surface area contributed by atoms with Gasteiger partial charge in [0.2, 0.25) is 12.6 Å². The SMILES string of the molecule is CCc1ccc(Oc2ncnc(N3CCN(Cc4ccc5c(c4)OCO5)CC3)c2[N+](=O)[O-])cc1. The Morgan fingerprint density at radius 2 is 1.74 bits per heavy atom. The van der Waals surface area contributed by atoms with Crippen molar-refractivity contribution < 1.29 is 19.1 Å². The van der Waals surface area contributed by atoms with Gasteiger partial charge in [-0.3, -0.25) is 15.0 Å². The molecule has 1 fully saturated rings. The summed E-state index contributed by atoms with van der Waals surface area (Å²) in [5.41, 5.74) is 2.07. The molecule has 0 saturated carbocycles. The molecule has 0 unspecified atom stereocenters. The molecule has 1 saturated heterocycles. The number of benzene rings is 2. The Bertz CT molecular complexity index is 1180. The van der Waals surface area contributed by atoms with Crippen LogP contribution in [-0.2, 0) is 13.0 Å². The van der Waals surface area contributed by atoms with Crippen molar-refractivity contribution >= 4 is 11.5 Å². The lowest BCUT2D eigenvalue weighted by atomic mass is 10.1. The molecule has 1 aromatic heterocycles. The van der Waals surface area contributed by atoms with Gasteiger partial charge in [-0.2, -0.15) is 4.98 Å². The van der Waals surface area contributed by atoms with Crippen molar-refractivity contribution in [2.75, 3.05) is 37.9 Å². The number of ether oxygens (including phenoxy) is 3. The van der Waals surface area contributed by atoms with E-state index in [-0.39, 0.29) is 24.2 Å². The smallest absolute Gasteiger partial charge is 0.373 e. The summed E-state index contributed by atoms with van der Waals surface area (Å²) >= 11 is 0. The molecule has 2 aromatic carbocycles. The Labute approximate surface area is 196 Å². The second-order valence-corrected chi connectivity index (χ2v) is 8.16. The Balaban J connectivity index is 1.28. The van der Waals surface area contributed by atoms with Crippen molar-refractivity contribution in [3.8, 4) is 23.1 Å². The highest BCUT2D eigenvalue weighted by Gasteiger charge is 2.30. The first-order valence-electron chi connectivity index (χ1n) is 11.2. The van der Waals surface area contributed by atoms with E-state index in [9.17, 15) is 10.1 Å². The van der Waals surface area contributed by atoms with E-state index in [4.69, 9.17) is 14.2 Å². The molecule has 0 radical (unpaired) electrons. The summed E-state index contributed by atoms with van der Waals surface area (Å²) in [6, 6.07) is 13.4. The third-order valence-corrected chi connectivity index (χ3v) is 6.01. The average molecular weight is 463 g/mol. The Hall–Kier alpha value is -3.92. The summed E-state index contributed by atoms with van der Waals surface area (Å²) < 4.78 is 16.6. The van der Waals surface area contributed by atoms with Crippen LogP contribution >= 0.6 is 0 Å². The van der Waals surface area contributed by atoms with Crippen LogP contribution in [0.25, 0.3) is 0 Å². The van der Waals surface area contributed by atoms with E-state index in [1.54, 1.807) is 12.1 Å². The lowest BCUT2D eigenvalue weighted by Crippen LogP contribution is -2.46. The van der Waals surface area contributed by atoms with Crippen molar-refractivity contribution in [3.63, 3.8) is 0 Å². The lowest BCUT2D eigenvalue weighted by Gasteiger charge is -2.35. The van der Waals surface area contributed by atoms with Crippen LogP contribution in [-0.4, -0.2) is 52.8 Å². The Morgan fingerprint density at radius 1 is 1.00 bits per heavy atom. The predicted molar refractivity (Wildman–Crippen MR) is 125 cm³/mol. The minimum absolute atomic E-state index is 0.0537. The minimum Gasteiger partial charge on any atom is -0.454 e. The number of anilines is 1. The zero-order valence-electron chi connectivity index (χ0n) is 18.8. The fourth-order valence-electron chi connectivity index (χ4n) is 4.14. The highest BCUT2D eigenvalue weighted by atomic mass is 16.7. The van der Waals surface area contributed by atoms with Gasteiger partial charge in [-0.25, -0.2) is 4.98 Å². The van der Waals surface area contributed by atoms with Crippen LogP contribution in [0.3, 0.4) is 0 Å². The van der Waals surface area contributed by atoms with Gasteiger partial charge in [0.1, 0.15) is 12.1 Å². The highest BCUT2D eigenvalue weighted by molar-refractivity contribution is 5.63. The molecule has 2 aliphatic heterocycles. The van der Waals surface area contributed by atoms with Gasteiger partial charge >= 0.3 is 11.6 Å². The van der Waals surface area contributed by atoms with E-state index >= 15 is 0 Å². The van der Waals surface area contributed by atoms with Gasteiger partial charge < -0.3 is 19.1 Å². The fourth-order valence-corrected chi connectivity index (χ4v) is 4.14. The van der Waals surface area contributed by atoms with Gasteiger partial charge in [0, 0.05) is 32.7 Å². The van der Waals surface area contributed by atoms with Crippen LogP contribution in [0.1, 0.15) is 18.1 Å². The van der Waals surface area contributed by atoms with Crippen molar-refractivity contribution in [3.05, 3.63) is 70.0 Å². The monoisotopic (exact) mass is 463 g/mol. The number of hydrogen-bond donors (Lipinski definition) is 0. The molecule has 3 heterocycles. The van der Waals surface area contributed by atoms with Crippen LogP contribution in [0.5, 0.6) is 23.1 Å². The first-order valence-corrected chi connectivity index (χ1v) is 11.2. The second-order valence-electron chi connectivity index (χ2n) is 8.16. The van der Waals surface area contributed by atoms with Crippen LogP contribution in [0.15, 0.2) is 48.8 Å². The second kappa shape index (κ2) is 9.52. The number of nitrogens with zero attached hydrogens (tertiary/aromatic N) is 5. The van der Waals surface area contributed by atoms with E-state index in [0.717, 1.165) is 48.7 Å². The van der Waals surface area contributed by atoms with Crippen molar-refractivity contribution in [2.45, 2.75) is 19.9 Å². The molecule has 5 rings (SSSR count). The highest BCUT2D eigenvalue weighted by Crippen LogP contribution is 2.37. The number of aromatic nitrogens is 2. The predicted octanol–water partition coefficient (Wildman–Crippen LogP) is 3.79. The summed E-state index contributed by atoms with van der Waals surface area (Å²) in [6.07, 6.45) is 2.22. The number of rotatable bonds is 7. The Kier molecular flexibility index (Phi) is 6.13. The zero-order valence-corrected chi connectivity index (χ0v) is 18.8. The molecule has 0 N–H and O–H groups in total. The van der Waals surface area contributed by atoms with Gasteiger partial charge in [-0.1, -0.05) is 25.1 Å². The minimum atomic E-state index is -0.468. The molecule has 0 aliphatic carbocycles. The largest absolute Gasteiger partial charge is 0.454 e. The first-order chi connectivity index (χ1) is 16.6. The maximum atomic E-state index is 12.0.